The summed E-state index contributed by atoms with van der Waals surface area (Å²) in [6.45, 7) is 4.32. The number of hydrogen-bond acceptors (Lipinski definition) is 8. The zero-order valence-corrected chi connectivity index (χ0v) is 18.3. The van der Waals surface area contributed by atoms with Crippen LogP contribution in [-0.2, 0) is 23.8 Å². The van der Waals surface area contributed by atoms with E-state index in [0.29, 0.717) is 10.0 Å². The molecule has 11 heteroatoms. The Kier molecular flexibility index (Phi) is 8.34. The quantitative estimate of drug-likeness (QED) is 0.259. The van der Waals surface area contributed by atoms with Crippen molar-refractivity contribution in [3.63, 3.8) is 0 Å². The molecule has 0 spiro atoms. The molecular weight excluding hydrogens is 464 g/mol. The Labute approximate surface area is 180 Å². The van der Waals surface area contributed by atoms with Gasteiger partial charge in [0.05, 0.1) is 17.7 Å². The highest BCUT2D eigenvalue weighted by atomic mass is 79.9. The van der Waals surface area contributed by atoms with Crippen LogP contribution in [0.3, 0.4) is 0 Å². The Morgan fingerprint density at radius 3 is 2.69 bits per heavy atom. The minimum Gasteiger partial charge on any atom is -0.463 e. The lowest BCUT2D eigenvalue weighted by molar-refractivity contribution is -0.176. The van der Waals surface area contributed by atoms with E-state index in [1.165, 1.54) is 25.6 Å². The van der Waals surface area contributed by atoms with Crippen LogP contribution in [0.2, 0.25) is 0 Å². The molecule has 1 heterocycles. The fourth-order valence-corrected chi connectivity index (χ4v) is 4.65. The molecule has 1 aromatic carbocycles. The minimum atomic E-state index is -0.841. The smallest absolute Gasteiger partial charge is 0.303 e. The molecule has 154 valence electrons. The van der Waals surface area contributed by atoms with Crippen molar-refractivity contribution in [3.05, 3.63) is 38.7 Å². The fraction of sp³-hybridized carbons (Fsp3) is 0.500. The molecule has 0 bridgehead atoms. The number of rotatable bonds is 6. The first-order chi connectivity index (χ1) is 13.8. The maximum absolute atomic E-state index is 11.7. The minimum absolute atomic E-state index is 0.0190. The normalized spacial score (nSPS) is 26.0. The average Bonchev–Trinajstić information content (AvgIpc) is 2.65. The van der Waals surface area contributed by atoms with E-state index in [1.54, 1.807) is 25.1 Å². The van der Waals surface area contributed by atoms with Crippen LogP contribution in [0.4, 0.5) is 0 Å². The summed E-state index contributed by atoms with van der Waals surface area (Å²) < 4.78 is 17.2. The van der Waals surface area contributed by atoms with Gasteiger partial charge in [0.25, 0.3) is 0 Å². The van der Waals surface area contributed by atoms with Gasteiger partial charge in [-0.3, -0.25) is 9.59 Å². The number of ether oxygens (including phenoxy) is 3. The molecule has 1 aliphatic rings. The lowest BCUT2D eigenvalue weighted by Gasteiger charge is -2.43. The maximum Gasteiger partial charge on any atom is 0.303 e. The topological polar surface area (TPSA) is 134 Å². The molecule has 1 fully saturated rings. The van der Waals surface area contributed by atoms with Gasteiger partial charge in [0.1, 0.15) is 24.2 Å². The second-order valence-electron chi connectivity index (χ2n) is 6.35. The van der Waals surface area contributed by atoms with Gasteiger partial charge in [-0.2, -0.15) is 5.26 Å². The Morgan fingerprint density at radius 1 is 1.41 bits per heavy atom. The molecule has 1 saturated heterocycles. The lowest BCUT2D eigenvalue weighted by Crippen LogP contribution is -2.54. The third-order valence-corrected chi connectivity index (χ3v) is 6.08. The van der Waals surface area contributed by atoms with Gasteiger partial charge >= 0.3 is 11.9 Å². The van der Waals surface area contributed by atoms with Crippen molar-refractivity contribution in [2.45, 2.75) is 49.4 Å². The molecule has 0 radical (unpaired) electrons. The second-order valence-corrected chi connectivity index (χ2v) is 8.37. The van der Waals surface area contributed by atoms with Crippen LogP contribution in [-0.4, -0.2) is 42.2 Å². The first-order valence-electron chi connectivity index (χ1n) is 8.63. The molecule has 5 atom stereocenters. The summed E-state index contributed by atoms with van der Waals surface area (Å²) in [4.78, 5) is 26.5. The summed E-state index contributed by atoms with van der Waals surface area (Å²) in [5.41, 5.74) is 8.77. The summed E-state index contributed by atoms with van der Waals surface area (Å²) in [7, 11) is 0. The Morgan fingerprint density at radius 2 is 2.14 bits per heavy atom. The SMILES string of the molecule is CC(=O)OCC1O[C@H](Sc2ccc(C#N)c(Br)c2)[C@@H](OC(C)=O)C(N=[N+]=[N-])[C@H]1C. The Bertz CT molecular complexity index is 870. The molecule has 1 aromatic rings. The molecule has 9 nitrogen and oxygen atoms in total. The van der Waals surface area contributed by atoms with Crippen LogP contribution in [0, 0.1) is 17.2 Å². The van der Waals surface area contributed by atoms with Gasteiger partial charge in [-0.1, -0.05) is 23.8 Å². The van der Waals surface area contributed by atoms with Crippen molar-refractivity contribution >= 4 is 39.6 Å². The highest BCUT2D eigenvalue weighted by molar-refractivity contribution is 9.10. The van der Waals surface area contributed by atoms with Crippen molar-refractivity contribution in [2.75, 3.05) is 6.61 Å². The summed E-state index contributed by atoms with van der Waals surface area (Å²) in [6, 6.07) is 6.50. The Balaban J connectivity index is 2.35. The standard InChI is InChI=1S/C18H19BrN4O5S/c1-9-15(8-26-10(2)24)28-18(17(27-11(3)25)16(9)22-23-21)29-13-5-4-12(7-20)14(19)6-13/h4-6,9,15-18H,8H2,1-3H3/t9-,15?,16?,17-,18+/m0/s1. The summed E-state index contributed by atoms with van der Waals surface area (Å²) in [5, 5.41) is 12.9. The number of halogens is 1. The number of esters is 2. The molecule has 0 saturated carbocycles. The molecular formula is C18H19BrN4O5S. The van der Waals surface area contributed by atoms with E-state index in [0.717, 1.165) is 4.90 Å². The number of hydrogen-bond donors (Lipinski definition) is 0. The van der Waals surface area contributed by atoms with Crippen LogP contribution in [0.5, 0.6) is 0 Å². The zero-order chi connectivity index (χ0) is 21.6. The number of carbonyl (C=O) groups is 2. The zero-order valence-electron chi connectivity index (χ0n) is 15.9. The van der Waals surface area contributed by atoms with Crippen molar-refractivity contribution in [1.29, 1.82) is 5.26 Å². The third-order valence-electron chi connectivity index (χ3n) is 4.29. The van der Waals surface area contributed by atoms with E-state index < -0.39 is 35.6 Å². The highest BCUT2D eigenvalue weighted by Gasteiger charge is 2.46. The molecule has 0 aromatic heterocycles. The first-order valence-corrected chi connectivity index (χ1v) is 10.3. The van der Waals surface area contributed by atoms with E-state index in [4.69, 9.17) is 25.0 Å². The lowest BCUT2D eigenvalue weighted by atomic mass is 9.89. The van der Waals surface area contributed by atoms with Gasteiger partial charge in [0, 0.05) is 28.1 Å². The molecule has 0 N–H and O–H groups in total. The molecule has 2 unspecified atom stereocenters. The molecule has 1 aliphatic heterocycles. The van der Waals surface area contributed by atoms with Crippen molar-refractivity contribution in [1.82, 2.24) is 0 Å². The Hall–Kier alpha value is -2.25. The van der Waals surface area contributed by atoms with Crippen LogP contribution in [0.25, 0.3) is 10.4 Å². The van der Waals surface area contributed by atoms with Gasteiger partial charge in [-0.25, -0.2) is 0 Å². The number of nitriles is 1. The second kappa shape index (κ2) is 10.5. The van der Waals surface area contributed by atoms with Crippen molar-refractivity contribution < 1.29 is 23.8 Å². The van der Waals surface area contributed by atoms with Crippen molar-refractivity contribution in [3.8, 4) is 6.07 Å². The van der Waals surface area contributed by atoms with Crippen LogP contribution < -0.4 is 0 Å². The van der Waals surface area contributed by atoms with Crippen LogP contribution >= 0.6 is 27.7 Å². The van der Waals surface area contributed by atoms with Gasteiger partial charge in [0.15, 0.2) is 0 Å². The van der Waals surface area contributed by atoms with E-state index in [9.17, 15) is 9.59 Å². The predicted octanol–water partition coefficient (Wildman–Crippen LogP) is 3.95. The van der Waals surface area contributed by atoms with Gasteiger partial charge in [0.2, 0.25) is 0 Å². The van der Waals surface area contributed by atoms with Crippen molar-refractivity contribution in [2.24, 2.45) is 11.0 Å². The predicted molar refractivity (Wildman–Crippen MR) is 108 cm³/mol. The molecule has 0 aliphatic carbocycles. The highest BCUT2D eigenvalue weighted by Crippen LogP contribution is 2.39. The van der Waals surface area contributed by atoms with Crippen LogP contribution in [0.15, 0.2) is 32.7 Å². The number of benzene rings is 1. The molecule has 0 amide bonds. The summed E-state index contributed by atoms with van der Waals surface area (Å²) >= 11 is 4.60. The number of azide groups is 1. The first kappa shape index (κ1) is 23.0. The van der Waals surface area contributed by atoms with Gasteiger partial charge in [-0.15, -0.1) is 0 Å². The van der Waals surface area contributed by atoms with E-state index in [2.05, 4.69) is 32.0 Å². The van der Waals surface area contributed by atoms with E-state index >= 15 is 0 Å². The largest absolute Gasteiger partial charge is 0.463 e. The summed E-state index contributed by atoms with van der Waals surface area (Å²) in [5.74, 6) is -1.35. The average molecular weight is 483 g/mol. The fourth-order valence-electron chi connectivity index (χ4n) is 2.88. The van der Waals surface area contributed by atoms with Gasteiger partial charge < -0.3 is 14.2 Å². The van der Waals surface area contributed by atoms with Gasteiger partial charge in [-0.05, 0) is 45.6 Å². The van der Waals surface area contributed by atoms with Crippen LogP contribution in [0.1, 0.15) is 26.3 Å². The summed E-state index contributed by atoms with van der Waals surface area (Å²) in [6.07, 6.45) is -1.40. The number of nitrogens with zero attached hydrogens (tertiary/aromatic N) is 4. The number of carbonyl (C=O) groups excluding carboxylic acids is 2. The monoisotopic (exact) mass is 482 g/mol. The maximum atomic E-state index is 11.7. The molecule has 2 rings (SSSR count). The van der Waals surface area contributed by atoms with E-state index in [-0.39, 0.29) is 12.5 Å². The molecule has 29 heavy (non-hydrogen) atoms. The van der Waals surface area contributed by atoms with E-state index in [1.807, 2.05) is 0 Å². The third kappa shape index (κ3) is 6.11. The number of thioether (sulfide) groups is 1.